The predicted molar refractivity (Wildman–Crippen MR) is 79.5 cm³/mol. The maximum Gasteiger partial charge on any atom is 0.310 e. The highest BCUT2D eigenvalue weighted by Gasteiger charge is 2.56. The molecular weight excluding hydrogens is 302 g/mol. The van der Waals surface area contributed by atoms with Crippen LogP contribution in [0.25, 0.3) is 0 Å². The molecule has 1 aromatic carbocycles. The standard InChI is InChI=1S/C16H19NO4S/c1-10-2-6-12(7-3-10)22(19,20)17-8-13-14(9-17)21-16(18)15(13)11-4-5-11/h2-3,6-7,11,13-15H,4-5,8-9H2,1H3. The minimum atomic E-state index is -3.50. The zero-order valence-corrected chi connectivity index (χ0v) is 13.3. The Hall–Kier alpha value is -1.40. The zero-order chi connectivity index (χ0) is 15.5. The summed E-state index contributed by atoms with van der Waals surface area (Å²) >= 11 is 0. The molecule has 3 fully saturated rings. The summed E-state index contributed by atoms with van der Waals surface area (Å²) in [5.41, 5.74) is 1.03. The van der Waals surface area contributed by atoms with Gasteiger partial charge in [0.25, 0.3) is 0 Å². The van der Waals surface area contributed by atoms with E-state index in [0.717, 1.165) is 18.4 Å². The molecule has 2 heterocycles. The molecule has 22 heavy (non-hydrogen) atoms. The first-order valence-corrected chi connectivity index (χ1v) is 9.18. The Bertz CT molecular complexity index is 708. The lowest BCUT2D eigenvalue weighted by atomic mass is 9.89. The Kier molecular flexibility index (Phi) is 3.10. The average Bonchev–Trinajstić information content (AvgIpc) is 3.13. The van der Waals surface area contributed by atoms with Gasteiger partial charge in [-0.25, -0.2) is 8.42 Å². The molecule has 118 valence electrons. The number of esters is 1. The largest absolute Gasteiger partial charge is 0.460 e. The fraction of sp³-hybridized carbons (Fsp3) is 0.562. The van der Waals surface area contributed by atoms with Crippen LogP contribution in [-0.4, -0.2) is 37.9 Å². The van der Waals surface area contributed by atoms with Crippen molar-refractivity contribution in [3.63, 3.8) is 0 Å². The summed E-state index contributed by atoms with van der Waals surface area (Å²) in [6.07, 6.45) is 1.86. The molecule has 0 aromatic heterocycles. The van der Waals surface area contributed by atoms with Crippen LogP contribution in [-0.2, 0) is 19.6 Å². The smallest absolute Gasteiger partial charge is 0.310 e. The van der Waals surface area contributed by atoms with Crippen molar-refractivity contribution in [1.29, 1.82) is 0 Å². The van der Waals surface area contributed by atoms with Crippen molar-refractivity contribution in [2.45, 2.75) is 30.8 Å². The number of ether oxygens (including phenoxy) is 1. The highest BCUT2D eigenvalue weighted by atomic mass is 32.2. The van der Waals surface area contributed by atoms with E-state index >= 15 is 0 Å². The summed E-state index contributed by atoms with van der Waals surface area (Å²) in [5, 5.41) is 0. The van der Waals surface area contributed by atoms with E-state index in [4.69, 9.17) is 4.74 Å². The topological polar surface area (TPSA) is 63.7 Å². The number of hydrogen-bond acceptors (Lipinski definition) is 4. The summed E-state index contributed by atoms with van der Waals surface area (Å²) in [7, 11) is -3.50. The number of hydrogen-bond donors (Lipinski definition) is 0. The first-order chi connectivity index (χ1) is 10.5. The number of rotatable bonds is 3. The zero-order valence-electron chi connectivity index (χ0n) is 12.4. The highest BCUT2D eigenvalue weighted by molar-refractivity contribution is 7.89. The van der Waals surface area contributed by atoms with E-state index in [9.17, 15) is 13.2 Å². The molecule has 6 heteroatoms. The van der Waals surface area contributed by atoms with Crippen molar-refractivity contribution in [3.8, 4) is 0 Å². The third-order valence-electron chi connectivity index (χ3n) is 5.07. The fourth-order valence-electron chi connectivity index (χ4n) is 3.69. The minimum Gasteiger partial charge on any atom is -0.460 e. The normalized spacial score (nSPS) is 32.0. The van der Waals surface area contributed by atoms with Gasteiger partial charge in [0.1, 0.15) is 6.10 Å². The van der Waals surface area contributed by atoms with E-state index in [1.807, 2.05) is 6.92 Å². The first-order valence-electron chi connectivity index (χ1n) is 7.74. The molecule has 0 N–H and O–H groups in total. The Morgan fingerprint density at radius 1 is 1.14 bits per heavy atom. The summed E-state index contributed by atoms with van der Waals surface area (Å²) < 4.78 is 32.4. The van der Waals surface area contributed by atoms with Crippen molar-refractivity contribution in [2.24, 2.45) is 17.8 Å². The SMILES string of the molecule is Cc1ccc(S(=O)(=O)N2CC3OC(=O)C(C4CC4)C3C2)cc1. The van der Waals surface area contributed by atoms with Crippen LogP contribution >= 0.6 is 0 Å². The maximum atomic E-state index is 12.7. The van der Waals surface area contributed by atoms with E-state index in [0.29, 0.717) is 17.4 Å². The van der Waals surface area contributed by atoms with Crippen molar-refractivity contribution in [2.75, 3.05) is 13.1 Å². The number of aryl methyl sites for hydroxylation is 1. The Labute approximate surface area is 130 Å². The third kappa shape index (κ3) is 2.16. The molecule has 3 aliphatic rings. The van der Waals surface area contributed by atoms with Gasteiger partial charge in [0, 0.05) is 12.5 Å². The maximum absolute atomic E-state index is 12.7. The molecule has 2 aliphatic heterocycles. The molecule has 0 radical (unpaired) electrons. The van der Waals surface area contributed by atoms with E-state index in [2.05, 4.69) is 0 Å². The second-order valence-corrected chi connectivity index (χ2v) is 8.58. The number of fused-ring (bicyclic) bond motifs is 1. The van der Waals surface area contributed by atoms with E-state index in [-0.39, 0.29) is 30.5 Å². The molecule has 4 rings (SSSR count). The van der Waals surface area contributed by atoms with Crippen LogP contribution in [0.1, 0.15) is 18.4 Å². The highest BCUT2D eigenvalue weighted by Crippen LogP contribution is 2.48. The molecule has 0 bridgehead atoms. The van der Waals surface area contributed by atoms with Gasteiger partial charge in [0.15, 0.2) is 0 Å². The number of carbonyl (C=O) groups excluding carboxylic acids is 1. The van der Waals surface area contributed by atoms with Crippen LogP contribution in [0.5, 0.6) is 0 Å². The van der Waals surface area contributed by atoms with E-state index < -0.39 is 10.0 Å². The molecule has 5 nitrogen and oxygen atoms in total. The molecule has 3 atom stereocenters. The summed E-state index contributed by atoms with van der Waals surface area (Å²) in [5.74, 6) is 0.220. The van der Waals surface area contributed by atoms with Crippen LogP contribution in [0.3, 0.4) is 0 Å². The van der Waals surface area contributed by atoms with Gasteiger partial charge in [-0.3, -0.25) is 4.79 Å². The molecule has 0 amide bonds. The number of sulfonamides is 1. The molecular formula is C16H19NO4S. The Balaban J connectivity index is 1.58. The van der Waals surface area contributed by atoms with Crippen molar-refractivity contribution in [1.82, 2.24) is 4.31 Å². The molecule has 1 aromatic rings. The van der Waals surface area contributed by atoms with Gasteiger partial charge in [0.05, 0.1) is 17.4 Å². The lowest BCUT2D eigenvalue weighted by Gasteiger charge is -2.18. The van der Waals surface area contributed by atoms with Gasteiger partial charge in [-0.2, -0.15) is 4.31 Å². The van der Waals surface area contributed by atoms with E-state index in [1.165, 1.54) is 4.31 Å². The van der Waals surface area contributed by atoms with E-state index in [1.54, 1.807) is 24.3 Å². The van der Waals surface area contributed by atoms with Crippen LogP contribution in [0, 0.1) is 24.7 Å². The molecule has 0 spiro atoms. The van der Waals surface area contributed by atoms with Crippen LogP contribution in [0.2, 0.25) is 0 Å². The number of benzene rings is 1. The summed E-state index contributed by atoms with van der Waals surface area (Å²) in [6, 6.07) is 6.89. The molecule has 1 aliphatic carbocycles. The second-order valence-electron chi connectivity index (χ2n) is 6.64. The molecule has 2 saturated heterocycles. The van der Waals surface area contributed by atoms with Gasteiger partial charge in [-0.15, -0.1) is 0 Å². The van der Waals surface area contributed by atoms with Crippen LogP contribution < -0.4 is 0 Å². The summed E-state index contributed by atoms with van der Waals surface area (Å²) in [6.45, 7) is 2.61. The Morgan fingerprint density at radius 2 is 1.82 bits per heavy atom. The van der Waals surface area contributed by atoms with Crippen molar-refractivity contribution < 1.29 is 17.9 Å². The third-order valence-corrected chi connectivity index (χ3v) is 6.91. The van der Waals surface area contributed by atoms with Gasteiger partial charge in [-0.1, -0.05) is 17.7 Å². The predicted octanol–water partition coefficient (Wildman–Crippen LogP) is 1.57. The van der Waals surface area contributed by atoms with Gasteiger partial charge < -0.3 is 4.74 Å². The minimum absolute atomic E-state index is 0.0280. The monoisotopic (exact) mass is 321 g/mol. The molecule has 3 unspecified atom stereocenters. The molecule has 1 saturated carbocycles. The van der Waals surface area contributed by atoms with Crippen LogP contribution in [0.15, 0.2) is 29.2 Å². The Morgan fingerprint density at radius 3 is 2.45 bits per heavy atom. The fourth-order valence-corrected chi connectivity index (χ4v) is 5.18. The van der Waals surface area contributed by atoms with Crippen molar-refractivity contribution in [3.05, 3.63) is 29.8 Å². The van der Waals surface area contributed by atoms with Crippen molar-refractivity contribution >= 4 is 16.0 Å². The quantitative estimate of drug-likeness (QED) is 0.793. The lowest BCUT2D eigenvalue weighted by Crippen LogP contribution is -2.32. The van der Waals surface area contributed by atoms with Crippen LogP contribution in [0.4, 0.5) is 0 Å². The van der Waals surface area contributed by atoms with Gasteiger partial charge >= 0.3 is 5.97 Å². The summed E-state index contributed by atoms with van der Waals surface area (Å²) in [4.78, 5) is 12.3. The second kappa shape index (κ2) is 4.80. The van der Waals surface area contributed by atoms with Gasteiger partial charge in [-0.05, 0) is 37.8 Å². The van der Waals surface area contributed by atoms with Gasteiger partial charge in [0.2, 0.25) is 10.0 Å². The first kappa shape index (κ1) is 14.2. The number of carbonyl (C=O) groups is 1. The lowest BCUT2D eigenvalue weighted by molar-refractivity contribution is -0.144. The average molecular weight is 321 g/mol. The number of nitrogens with zero attached hydrogens (tertiary/aromatic N) is 1.